The molecule has 2 aliphatic heterocycles. The third kappa shape index (κ3) is 5.19. The predicted molar refractivity (Wildman–Crippen MR) is 115 cm³/mol. The number of ether oxygens (including phenoxy) is 1. The van der Waals surface area contributed by atoms with E-state index in [0.717, 1.165) is 51.2 Å². The summed E-state index contributed by atoms with van der Waals surface area (Å²) in [6, 6.07) is 8.45. The van der Waals surface area contributed by atoms with Crippen LogP contribution in [0.2, 0.25) is 0 Å². The Bertz CT molecular complexity index is 815. The lowest BCUT2D eigenvalue weighted by molar-refractivity contribution is -0.134. The van der Waals surface area contributed by atoms with E-state index in [2.05, 4.69) is 46.3 Å². The Morgan fingerprint density at radius 1 is 1.13 bits per heavy atom. The van der Waals surface area contributed by atoms with Crippen LogP contribution in [-0.4, -0.2) is 70.3 Å². The van der Waals surface area contributed by atoms with Gasteiger partial charge >= 0.3 is 0 Å². The summed E-state index contributed by atoms with van der Waals surface area (Å²) in [5, 5.41) is 4.06. The highest BCUT2D eigenvalue weighted by Gasteiger charge is 2.36. The normalized spacial score (nSPS) is 20.6. The molecule has 0 aliphatic carbocycles. The maximum atomic E-state index is 12.6. The summed E-state index contributed by atoms with van der Waals surface area (Å²) in [6.45, 7) is 4.66. The van der Waals surface area contributed by atoms with Gasteiger partial charge in [-0.05, 0) is 56.2 Å². The Balaban J connectivity index is 1.37. The molecule has 4 rings (SSSR count). The summed E-state index contributed by atoms with van der Waals surface area (Å²) in [5.41, 5.74) is 1.61. The SMILES string of the molecule is CN1CCOc2ccccc2CCCCC2(CCN(C(=O)Cn3cncn3)CC2)C1. The molecule has 0 saturated carbocycles. The number of para-hydroxylation sites is 1. The van der Waals surface area contributed by atoms with Crippen LogP contribution in [0.1, 0.15) is 37.7 Å². The van der Waals surface area contributed by atoms with Gasteiger partial charge in [0, 0.05) is 26.2 Å². The van der Waals surface area contributed by atoms with Crippen molar-refractivity contribution in [3.8, 4) is 5.75 Å². The molecule has 1 aromatic carbocycles. The molecule has 0 unspecified atom stereocenters. The highest BCUT2D eigenvalue weighted by Crippen LogP contribution is 2.38. The number of nitrogens with zero attached hydrogens (tertiary/aromatic N) is 5. The lowest BCUT2D eigenvalue weighted by atomic mass is 9.73. The zero-order valence-corrected chi connectivity index (χ0v) is 18.0. The summed E-state index contributed by atoms with van der Waals surface area (Å²) < 4.78 is 7.70. The largest absolute Gasteiger partial charge is 0.492 e. The number of likely N-dealkylation sites (N-methyl/N-ethyl adjacent to an activating group) is 1. The average molecular weight is 412 g/mol. The van der Waals surface area contributed by atoms with Crippen molar-refractivity contribution in [1.82, 2.24) is 24.6 Å². The van der Waals surface area contributed by atoms with Crippen LogP contribution in [0.15, 0.2) is 36.9 Å². The first-order chi connectivity index (χ1) is 14.6. The fraction of sp³-hybridized carbons (Fsp3) is 0.609. The first-order valence-electron chi connectivity index (χ1n) is 11.1. The molecule has 1 saturated heterocycles. The molecule has 3 heterocycles. The smallest absolute Gasteiger partial charge is 0.244 e. The van der Waals surface area contributed by atoms with Gasteiger partial charge in [0.05, 0.1) is 0 Å². The lowest BCUT2D eigenvalue weighted by Crippen LogP contribution is -2.48. The number of hydrogen-bond donors (Lipinski definition) is 0. The Labute approximate surface area is 179 Å². The van der Waals surface area contributed by atoms with Crippen molar-refractivity contribution in [2.24, 2.45) is 5.41 Å². The number of piperidine rings is 1. The van der Waals surface area contributed by atoms with Crippen LogP contribution in [0.4, 0.5) is 0 Å². The van der Waals surface area contributed by atoms with Gasteiger partial charge < -0.3 is 14.5 Å². The van der Waals surface area contributed by atoms with Crippen molar-refractivity contribution < 1.29 is 9.53 Å². The number of hydrogen-bond acceptors (Lipinski definition) is 5. The summed E-state index contributed by atoms with van der Waals surface area (Å²) in [7, 11) is 2.20. The van der Waals surface area contributed by atoms with Crippen LogP contribution in [0.3, 0.4) is 0 Å². The molecule has 1 fully saturated rings. The van der Waals surface area contributed by atoms with Gasteiger partial charge in [0.2, 0.25) is 5.91 Å². The molecule has 0 radical (unpaired) electrons. The number of rotatable bonds is 2. The molecule has 7 heteroatoms. The second-order valence-electron chi connectivity index (χ2n) is 8.87. The first kappa shape index (κ1) is 20.8. The molecule has 7 nitrogen and oxygen atoms in total. The Kier molecular flexibility index (Phi) is 6.67. The number of aryl methyl sites for hydroxylation is 1. The average Bonchev–Trinajstić information content (AvgIpc) is 3.25. The number of fused-ring (bicyclic) bond motifs is 1. The van der Waals surface area contributed by atoms with E-state index in [-0.39, 0.29) is 17.9 Å². The van der Waals surface area contributed by atoms with E-state index in [4.69, 9.17) is 4.74 Å². The maximum Gasteiger partial charge on any atom is 0.244 e. The minimum Gasteiger partial charge on any atom is -0.492 e. The molecule has 1 amide bonds. The Hall–Kier alpha value is -2.41. The van der Waals surface area contributed by atoms with Crippen molar-refractivity contribution in [3.63, 3.8) is 0 Å². The molecule has 2 aliphatic rings. The number of amides is 1. The van der Waals surface area contributed by atoms with Crippen LogP contribution in [-0.2, 0) is 17.8 Å². The molecule has 0 N–H and O–H groups in total. The summed E-state index contributed by atoms with van der Waals surface area (Å²) >= 11 is 0. The molecule has 1 aromatic heterocycles. The van der Waals surface area contributed by atoms with Crippen molar-refractivity contribution in [2.75, 3.05) is 39.8 Å². The van der Waals surface area contributed by atoms with Gasteiger partial charge in [-0.15, -0.1) is 0 Å². The molecule has 162 valence electrons. The fourth-order valence-electron chi connectivity index (χ4n) is 4.90. The molecule has 30 heavy (non-hydrogen) atoms. The van der Waals surface area contributed by atoms with Crippen LogP contribution < -0.4 is 4.74 Å². The van der Waals surface area contributed by atoms with Crippen LogP contribution in [0.5, 0.6) is 5.75 Å². The monoisotopic (exact) mass is 411 g/mol. The maximum absolute atomic E-state index is 12.6. The Morgan fingerprint density at radius 2 is 1.97 bits per heavy atom. The van der Waals surface area contributed by atoms with E-state index in [1.54, 1.807) is 11.0 Å². The van der Waals surface area contributed by atoms with Crippen LogP contribution >= 0.6 is 0 Å². The Morgan fingerprint density at radius 3 is 2.77 bits per heavy atom. The van der Waals surface area contributed by atoms with Gasteiger partial charge in [0.15, 0.2) is 0 Å². The van der Waals surface area contributed by atoms with E-state index < -0.39 is 0 Å². The second-order valence-corrected chi connectivity index (χ2v) is 8.87. The van der Waals surface area contributed by atoms with Gasteiger partial charge in [-0.25, -0.2) is 9.67 Å². The molecule has 0 atom stereocenters. The number of carbonyl (C=O) groups is 1. The van der Waals surface area contributed by atoms with Gasteiger partial charge in [-0.1, -0.05) is 24.6 Å². The number of likely N-dealkylation sites (tertiary alicyclic amines) is 1. The van der Waals surface area contributed by atoms with Gasteiger partial charge in [-0.2, -0.15) is 5.10 Å². The lowest BCUT2D eigenvalue weighted by Gasteiger charge is -2.44. The minimum absolute atomic E-state index is 0.141. The van der Waals surface area contributed by atoms with Crippen molar-refractivity contribution in [2.45, 2.75) is 45.1 Å². The topological polar surface area (TPSA) is 63.5 Å². The van der Waals surface area contributed by atoms with Crippen molar-refractivity contribution in [3.05, 3.63) is 42.5 Å². The van der Waals surface area contributed by atoms with E-state index >= 15 is 0 Å². The summed E-state index contributed by atoms with van der Waals surface area (Å²) in [5.74, 6) is 1.18. The molecule has 1 spiro atoms. The van der Waals surface area contributed by atoms with Gasteiger partial charge in [-0.3, -0.25) is 4.79 Å². The highest BCUT2D eigenvalue weighted by molar-refractivity contribution is 5.76. The number of benzene rings is 1. The van der Waals surface area contributed by atoms with E-state index in [1.807, 2.05) is 4.90 Å². The predicted octanol–water partition coefficient (Wildman–Crippen LogP) is 2.62. The molecule has 2 aromatic rings. The van der Waals surface area contributed by atoms with E-state index in [9.17, 15) is 4.79 Å². The third-order valence-electron chi connectivity index (χ3n) is 6.65. The molecule has 0 bridgehead atoms. The summed E-state index contributed by atoms with van der Waals surface area (Å²) in [6.07, 6.45) is 9.91. The minimum atomic E-state index is 0.141. The van der Waals surface area contributed by atoms with Crippen molar-refractivity contribution in [1.29, 1.82) is 0 Å². The zero-order chi connectivity index (χ0) is 20.8. The highest BCUT2D eigenvalue weighted by atomic mass is 16.5. The van der Waals surface area contributed by atoms with Crippen LogP contribution in [0.25, 0.3) is 0 Å². The standard InChI is InChI=1S/C23H33N5O2/c1-26-14-15-30-21-8-3-2-6-20(21)7-4-5-9-23(17-26)10-12-27(13-11-23)22(29)16-28-19-24-18-25-28/h2-3,6,8,18-19H,4-5,7,9-17H2,1H3. The first-order valence-corrected chi connectivity index (χ1v) is 11.1. The number of aromatic nitrogens is 3. The van der Waals surface area contributed by atoms with E-state index in [1.165, 1.54) is 31.2 Å². The summed E-state index contributed by atoms with van der Waals surface area (Å²) in [4.78, 5) is 21.0. The molecular weight excluding hydrogens is 378 g/mol. The third-order valence-corrected chi connectivity index (χ3v) is 6.65. The van der Waals surface area contributed by atoms with E-state index in [0.29, 0.717) is 6.61 Å². The zero-order valence-electron chi connectivity index (χ0n) is 18.0. The van der Waals surface area contributed by atoms with Crippen LogP contribution in [0, 0.1) is 5.41 Å². The number of carbonyl (C=O) groups excluding carboxylic acids is 1. The quantitative estimate of drug-likeness (QED) is 0.760. The fourth-order valence-corrected chi connectivity index (χ4v) is 4.90. The van der Waals surface area contributed by atoms with Crippen molar-refractivity contribution >= 4 is 5.91 Å². The second kappa shape index (κ2) is 9.60. The molecular formula is C23H33N5O2. The van der Waals surface area contributed by atoms with Gasteiger partial charge in [0.1, 0.15) is 31.6 Å². The van der Waals surface area contributed by atoms with Gasteiger partial charge in [0.25, 0.3) is 0 Å².